The van der Waals surface area contributed by atoms with E-state index in [0.717, 1.165) is 6.42 Å². The van der Waals surface area contributed by atoms with Crippen LogP contribution in [-0.2, 0) is 16.0 Å². The van der Waals surface area contributed by atoms with Crippen LogP contribution in [0.5, 0.6) is 0 Å². The maximum atomic E-state index is 11.8. The molecular weight excluding hydrogens is 254 g/mol. The predicted octanol–water partition coefficient (Wildman–Crippen LogP) is 2.01. The van der Waals surface area contributed by atoms with Crippen LogP contribution in [0, 0.1) is 0 Å². The first-order valence-corrected chi connectivity index (χ1v) is 6.19. The first-order chi connectivity index (χ1) is 8.53. The molecule has 0 atom stereocenters. The van der Waals surface area contributed by atoms with Crippen molar-refractivity contribution in [1.29, 1.82) is 0 Å². The third-order valence-electron chi connectivity index (χ3n) is 3.30. The highest BCUT2D eigenvalue weighted by atomic mass is 35.5. The Kier molecular flexibility index (Phi) is 3.57. The Morgan fingerprint density at radius 3 is 2.50 bits per heavy atom. The molecule has 0 aliphatic heterocycles. The Morgan fingerprint density at radius 1 is 1.33 bits per heavy atom. The van der Waals surface area contributed by atoms with E-state index in [1.165, 1.54) is 0 Å². The Labute approximate surface area is 110 Å². The summed E-state index contributed by atoms with van der Waals surface area (Å²) in [6.07, 6.45) is 1.93. The van der Waals surface area contributed by atoms with Gasteiger partial charge in [-0.25, -0.2) is 4.79 Å². The molecule has 1 aliphatic carbocycles. The maximum Gasteiger partial charge on any atom is 0.329 e. The van der Waals surface area contributed by atoms with Gasteiger partial charge in [0.25, 0.3) is 0 Å². The number of amides is 1. The van der Waals surface area contributed by atoms with Gasteiger partial charge in [-0.2, -0.15) is 0 Å². The molecule has 1 saturated carbocycles. The minimum Gasteiger partial charge on any atom is -0.480 e. The fourth-order valence-corrected chi connectivity index (χ4v) is 2.25. The summed E-state index contributed by atoms with van der Waals surface area (Å²) in [5.41, 5.74) is -0.352. The van der Waals surface area contributed by atoms with Crippen LogP contribution >= 0.6 is 11.6 Å². The molecule has 5 heteroatoms. The van der Waals surface area contributed by atoms with Gasteiger partial charge in [-0.3, -0.25) is 4.79 Å². The van der Waals surface area contributed by atoms with Gasteiger partial charge in [0.15, 0.2) is 0 Å². The lowest BCUT2D eigenvalue weighted by atomic mass is 9.76. The zero-order chi connectivity index (χ0) is 13.2. The van der Waals surface area contributed by atoms with Crippen molar-refractivity contribution in [3.63, 3.8) is 0 Å². The van der Waals surface area contributed by atoms with Gasteiger partial charge in [-0.1, -0.05) is 29.8 Å². The predicted molar refractivity (Wildman–Crippen MR) is 67.5 cm³/mol. The first-order valence-electron chi connectivity index (χ1n) is 5.81. The number of benzene rings is 1. The molecule has 0 spiro atoms. The summed E-state index contributed by atoms with van der Waals surface area (Å²) in [4.78, 5) is 23.0. The van der Waals surface area contributed by atoms with Gasteiger partial charge in [0.1, 0.15) is 5.54 Å². The molecular formula is C13H14ClNO3. The average Bonchev–Trinajstić information content (AvgIpc) is 2.26. The van der Waals surface area contributed by atoms with Crippen LogP contribution in [0.1, 0.15) is 24.8 Å². The third-order valence-corrected chi connectivity index (χ3v) is 3.67. The van der Waals surface area contributed by atoms with E-state index in [9.17, 15) is 9.59 Å². The van der Waals surface area contributed by atoms with Crippen molar-refractivity contribution in [2.24, 2.45) is 0 Å². The van der Waals surface area contributed by atoms with Gasteiger partial charge >= 0.3 is 5.97 Å². The minimum absolute atomic E-state index is 0.106. The van der Waals surface area contributed by atoms with E-state index in [1.807, 2.05) is 0 Å². The average molecular weight is 268 g/mol. The lowest BCUT2D eigenvalue weighted by Gasteiger charge is -2.38. The number of carboxylic acids is 1. The van der Waals surface area contributed by atoms with Crippen LogP contribution in [0.3, 0.4) is 0 Å². The molecule has 2 rings (SSSR count). The smallest absolute Gasteiger partial charge is 0.329 e. The highest BCUT2D eigenvalue weighted by molar-refractivity contribution is 6.31. The summed E-state index contributed by atoms with van der Waals surface area (Å²) in [7, 11) is 0. The van der Waals surface area contributed by atoms with E-state index in [-0.39, 0.29) is 12.3 Å². The Bertz CT molecular complexity index is 483. The second-order valence-corrected chi connectivity index (χ2v) is 4.96. The normalized spacial score (nSPS) is 16.7. The summed E-state index contributed by atoms with van der Waals surface area (Å²) >= 11 is 5.95. The molecule has 0 heterocycles. The standard InChI is InChI=1S/C13H14ClNO3/c14-10-5-2-1-4-9(10)8-11(16)15-13(12(17)18)6-3-7-13/h1-2,4-5H,3,6-8H2,(H,15,16)(H,17,18). The number of hydrogen-bond donors (Lipinski definition) is 2. The van der Waals surface area contributed by atoms with Crippen LogP contribution in [0.15, 0.2) is 24.3 Å². The van der Waals surface area contributed by atoms with Crippen molar-refractivity contribution < 1.29 is 14.7 Å². The SMILES string of the molecule is O=C(Cc1ccccc1Cl)NC1(C(=O)O)CCC1. The summed E-state index contributed by atoms with van der Waals surface area (Å²) in [5.74, 6) is -1.26. The van der Waals surface area contributed by atoms with Gasteiger partial charge in [0, 0.05) is 5.02 Å². The zero-order valence-electron chi connectivity index (χ0n) is 9.78. The number of hydrogen-bond acceptors (Lipinski definition) is 2. The Balaban J connectivity index is 2.01. The van der Waals surface area contributed by atoms with E-state index >= 15 is 0 Å². The first kappa shape index (κ1) is 12.9. The van der Waals surface area contributed by atoms with E-state index in [2.05, 4.69) is 5.32 Å². The van der Waals surface area contributed by atoms with Gasteiger partial charge < -0.3 is 10.4 Å². The molecule has 96 valence electrons. The van der Waals surface area contributed by atoms with Crippen molar-refractivity contribution in [2.75, 3.05) is 0 Å². The number of carboxylic acid groups (broad SMARTS) is 1. The number of carbonyl (C=O) groups excluding carboxylic acids is 1. The monoisotopic (exact) mass is 267 g/mol. The number of aliphatic carboxylic acids is 1. The molecule has 1 aromatic carbocycles. The van der Waals surface area contributed by atoms with E-state index < -0.39 is 11.5 Å². The van der Waals surface area contributed by atoms with Crippen molar-refractivity contribution in [2.45, 2.75) is 31.2 Å². The molecule has 0 unspecified atom stereocenters. The summed E-state index contributed by atoms with van der Waals surface area (Å²) < 4.78 is 0. The fraction of sp³-hybridized carbons (Fsp3) is 0.385. The van der Waals surface area contributed by atoms with Gasteiger partial charge in [0.05, 0.1) is 6.42 Å². The van der Waals surface area contributed by atoms with Crippen LogP contribution < -0.4 is 5.32 Å². The quantitative estimate of drug-likeness (QED) is 0.877. The topological polar surface area (TPSA) is 66.4 Å². The summed E-state index contributed by atoms with van der Waals surface area (Å²) in [6.45, 7) is 0. The van der Waals surface area contributed by atoms with E-state index in [1.54, 1.807) is 24.3 Å². The van der Waals surface area contributed by atoms with E-state index in [0.29, 0.717) is 23.4 Å². The molecule has 2 N–H and O–H groups in total. The molecule has 1 fully saturated rings. The Hall–Kier alpha value is -1.55. The largest absolute Gasteiger partial charge is 0.480 e. The zero-order valence-corrected chi connectivity index (χ0v) is 10.5. The van der Waals surface area contributed by atoms with Gasteiger partial charge in [0.2, 0.25) is 5.91 Å². The molecule has 0 saturated heterocycles. The van der Waals surface area contributed by atoms with Crippen molar-refractivity contribution in [3.05, 3.63) is 34.9 Å². The van der Waals surface area contributed by atoms with Crippen LogP contribution in [0.4, 0.5) is 0 Å². The molecule has 0 aromatic heterocycles. The molecule has 4 nitrogen and oxygen atoms in total. The number of halogens is 1. The summed E-state index contributed by atoms with van der Waals surface area (Å²) in [5, 5.41) is 12.2. The molecule has 0 bridgehead atoms. The number of carbonyl (C=O) groups is 2. The second-order valence-electron chi connectivity index (χ2n) is 4.56. The maximum absolute atomic E-state index is 11.8. The van der Waals surface area contributed by atoms with Crippen molar-refractivity contribution in [1.82, 2.24) is 5.32 Å². The van der Waals surface area contributed by atoms with Crippen molar-refractivity contribution in [3.8, 4) is 0 Å². The number of nitrogens with one attached hydrogen (secondary N) is 1. The lowest BCUT2D eigenvalue weighted by molar-refractivity contribution is -0.151. The van der Waals surface area contributed by atoms with Crippen LogP contribution in [0.25, 0.3) is 0 Å². The van der Waals surface area contributed by atoms with E-state index in [4.69, 9.17) is 16.7 Å². The van der Waals surface area contributed by atoms with Crippen LogP contribution in [0.2, 0.25) is 5.02 Å². The van der Waals surface area contributed by atoms with Gasteiger partial charge in [-0.05, 0) is 30.9 Å². The number of rotatable bonds is 4. The lowest BCUT2D eigenvalue weighted by Crippen LogP contribution is -2.59. The van der Waals surface area contributed by atoms with Crippen molar-refractivity contribution >= 4 is 23.5 Å². The highest BCUT2D eigenvalue weighted by Crippen LogP contribution is 2.32. The molecule has 18 heavy (non-hydrogen) atoms. The molecule has 1 aromatic rings. The highest BCUT2D eigenvalue weighted by Gasteiger charge is 2.45. The summed E-state index contributed by atoms with van der Waals surface area (Å²) in [6, 6.07) is 7.05. The fourth-order valence-electron chi connectivity index (χ4n) is 2.05. The minimum atomic E-state index is -1.06. The van der Waals surface area contributed by atoms with Crippen LogP contribution in [-0.4, -0.2) is 22.5 Å². The molecule has 1 amide bonds. The molecule has 1 aliphatic rings. The second kappa shape index (κ2) is 4.98. The Morgan fingerprint density at radius 2 is 2.00 bits per heavy atom. The van der Waals surface area contributed by atoms with Gasteiger partial charge in [-0.15, -0.1) is 0 Å². The third kappa shape index (κ3) is 2.48. The molecule has 0 radical (unpaired) electrons.